The highest BCUT2D eigenvalue weighted by atomic mass is 35.5. The lowest BCUT2D eigenvalue weighted by molar-refractivity contribution is -0.121. The summed E-state index contributed by atoms with van der Waals surface area (Å²) in [6, 6.07) is 15.9. The smallest absolute Gasteiger partial charge is 0.263 e. The fourth-order valence-corrected chi connectivity index (χ4v) is 4.62. The summed E-state index contributed by atoms with van der Waals surface area (Å²) < 4.78 is 1.39. The standard InChI is InChI=1S/C22H18ClN3O2S/c1-2-17(19(24)27)26-20(14-10-6-7-11-16(14)23)25-21-18(22(26)28)15(12-29-21)13-8-4-3-5-9-13/h3-12,17H,2H2,1H3,(H2,24,27). The number of nitrogens with zero attached hydrogens (tertiary/aromatic N) is 2. The van der Waals surface area contributed by atoms with Crippen LogP contribution in [0.15, 0.2) is 64.8 Å². The Balaban J connectivity index is 2.10. The highest BCUT2D eigenvalue weighted by molar-refractivity contribution is 7.17. The van der Waals surface area contributed by atoms with Crippen LogP contribution < -0.4 is 11.3 Å². The van der Waals surface area contributed by atoms with E-state index in [9.17, 15) is 9.59 Å². The number of rotatable bonds is 5. The van der Waals surface area contributed by atoms with Crippen LogP contribution in [0.4, 0.5) is 0 Å². The summed E-state index contributed by atoms with van der Waals surface area (Å²) in [5, 5.41) is 2.85. The van der Waals surface area contributed by atoms with Gasteiger partial charge in [0.05, 0.1) is 10.4 Å². The van der Waals surface area contributed by atoms with Gasteiger partial charge in [-0.15, -0.1) is 11.3 Å². The number of carbonyl (C=O) groups excluding carboxylic acids is 1. The molecule has 0 aliphatic carbocycles. The van der Waals surface area contributed by atoms with E-state index in [0.717, 1.165) is 11.1 Å². The van der Waals surface area contributed by atoms with E-state index in [-0.39, 0.29) is 5.56 Å². The highest BCUT2D eigenvalue weighted by Crippen LogP contribution is 2.34. The molecule has 1 amide bonds. The van der Waals surface area contributed by atoms with E-state index in [1.165, 1.54) is 15.9 Å². The number of nitrogens with two attached hydrogens (primary N) is 1. The SMILES string of the molecule is CCC(C(N)=O)n1c(-c2ccccc2Cl)nc2scc(-c3ccccc3)c2c1=O. The number of primary amides is 1. The Labute approximate surface area is 176 Å². The van der Waals surface area contributed by atoms with Gasteiger partial charge in [-0.3, -0.25) is 14.2 Å². The lowest BCUT2D eigenvalue weighted by atomic mass is 10.1. The van der Waals surface area contributed by atoms with Gasteiger partial charge in [-0.05, 0) is 24.1 Å². The maximum Gasteiger partial charge on any atom is 0.263 e. The van der Waals surface area contributed by atoms with Crippen LogP contribution >= 0.6 is 22.9 Å². The zero-order valence-electron chi connectivity index (χ0n) is 15.6. The maximum atomic E-state index is 13.7. The van der Waals surface area contributed by atoms with E-state index in [1.807, 2.05) is 48.7 Å². The summed E-state index contributed by atoms with van der Waals surface area (Å²) in [5.41, 5.74) is 7.65. The maximum absolute atomic E-state index is 13.7. The molecule has 2 N–H and O–H groups in total. The van der Waals surface area contributed by atoms with Crippen molar-refractivity contribution in [3.63, 3.8) is 0 Å². The number of hydrogen-bond donors (Lipinski definition) is 1. The Morgan fingerprint density at radius 3 is 2.48 bits per heavy atom. The number of fused-ring (bicyclic) bond motifs is 1. The van der Waals surface area contributed by atoms with Gasteiger partial charge in [0, 0.05) is 16.5 Å². The van der Waals surface area contributed by atoms with Crippen LogP contribution in [-0.4, -0.2) is 15.5 Å². The number of carbonyl (C=O) groups is 1. The summed E-state index contributed by atoms with van der Waals surface area (Å²) >= 11 is 7.79. The van der Waals surface area contributed by atoms with Gasteiger partial charge < -0.3 is 5.73 Å². The van der Waals surface area contributed by atoms with Crippen molar-refractivity contribution in [1.82, 2.24) is 9.55 Å². The molecule has 0 aliphatic heterocycles. The van der Waals surface area contributed by atoms with E-state index in [4.69, 9.17) is 22.3 Å². The Bertz CT molecular complexity index is 1260. The van der Waals surface area contributed by atoms with Crippen molar-refractivity contribution in [1.29, 1.82) is 0 Å². The first-order valence-electron chi connectivity index (χ1n) is 9.16. The molecule has 4 aromatic rings. The minimum atomic E-state index is -0.825. The number of amides is 1. The van der Waals surface area contributed by atoms with Crippen LogP contribution in [-0.2, 0) is 4.79 Å². The second-order valence-electron chi connectivity index (χ2n) is 6.61. The monoisotopic (exact) mass is 423 g/mol. The average molecular weight is 424 g/mol. The van der Waals surface area contributed by atoms with Crippen LogP contribution in [0.2, 0.25) is 5.02 Å². The molecule has 146 valence electrons. The van der Waals surface area contributed by atoms with Crippen molar-refractivity contribution in [3.8, 4) is 22.5 Å². The Morgan fingerprint density at radius 1 is 1.14 bits per heavy atom. The van der Waals surface area contributed by atoms with Gasteiger partial charge in [0.25, 0.3) is 5.56 Å². The molecule has 2 heterocycles. The molecular formula is C22H18ClN3O2S. The third-order valence-corrected chi connectivity index (χ3v) is 6.07. The second kappa shape index (κ2) is 7.81. The molecule has 1 atom stereocenters. The number of halogens is 1. The van der Waals surface area contributed by atoms with Crippen LogP contribution in [0, 0.1) is 0 Å². The summed E-state index contributed by atoms with van der Waals surface area (Å²) in [4.78, 5) is 31.2. The number of thiophene rings is 1. The fourth-order valence-electron chi connectivity index (χ4n) is 3.47. The molecular weight excluding hydrogens is 406 g/mol. The first kappa shape index (κ1) is 19.4. The first-order chi connectivity index (χ1) is 14.0. The van der Waals surface area contributed by atoms with Gasteiger partial charge in [-0.25, -0.2) is 4.98 Å². The van der Waals surface area contributed by atoms with E-state index in [2.05, 4.69) is 0 Å². The molecule has 2 aromatic carbocycles. The largest absolute Gasteiger partial charge is 0.368 e. The minimum Gasteiger partial charge on any atom is -0.368 e. The highest BCUT2D eigenvalue weighted by Gasteiger charge is 2.26. The van der Waals surface area contributed by atoms with Gasteiger partial charge >= 0.3 is 0 Å². The van der Waals surface area contributed by atoms with E-state index < -0.39 is 11.9 Å². The molecule has 29 heavy (non-hydrogen) atoms. The van der Waals surface area contributed by atoms with Crippen LogP contribution in [0.25, 0.3) is 32.7 Å². The average Bonchev–Trinajstić information content (AvgIpc) is 3.15. The van der Waals surface area contributed by atoms with Crippen molar-refractivity contribution >= 4 is 39.1 Å². The third-order valence-electron chi connectivity index (χ3n) is 4.87. The lowest BCUT2D eigenvalue weighted by Gasteiger charge is -2.20. The predicted molar refractivity (Wildman–Crippen MR) is 118 cm³/mol. The van der Waals surface area contributed by atoms with Gasteiger partial charge in [-0.1, -0.05) is 61.0 Å². The molecule has 7 heteroatoms. The van der Waals surface area contributed by atoms with Crippen molar-refractivity contribution in [2.45, 2.75) is 19.4 Å². The Hall–Kier alpha value is -2.96. The third kappa shape index (κ3) is 3.34. The molecule has 0 spiro atoms. The fraction of sp³-hybridized carbons (Fsp3) is 0.136. The van der Waals surface area contributed by atoms with Crippen LogP contribution in [0.1, 0.15) is 19.4 Å². The van der Waals surface area contributed by atoms with Crippen LogP contribution in [0.5, 0.6) is 0 Å². The summed E-state index contributed by atoms with van der Waals surface area (Å²) in [6.07, 6.45) is 0.366. The van der Waals surface area contributed by atoms with Crippen molar-refractivity contribution in [3.05, 3.63) is 75.4 Å². The molecule has 0 aliphatic rings. The molecule has 0 fully saturated rings. The lowest BCUT2D eigenvalue weighted by Crippen LogP contribution is -2.35. The molecule has 0 bridgehead atoms. The summed E-state index contributed by atoms with van der Waals surface area (Å²) in [6.45, 7) is 1.81. The Morgan fingerprint density at radius 2 is 1.83 bits per heavy atom. The normalized spacial score (nSPS) is 12.2. The minimum absolute atomic E-state index is 0.296. The van der Waals surface area contributed by atoms with Crippen molar-refractivity contribution < 1.29 is 4.79 Å². The molecule has 1 unspecified atom stereocenters. The predicted octanol–water partition coefficient (Wildman–Crippen LogP) is 4.88. The van der Waals surface area contributed by atoms with Gasteiger partial charge in [0.15, 0.2) is 0 Å². The molecule has 0 saturated carbocycles. The Kier molecular flexibility index (Phi) is 5.22. The molecule has 4 rings (SSSR count). The van der Waals surface area contributed by atoms with E-state index in [0.29, 0.717) is 33.0 Å². The number of hydrogen-bond acceptors (Lipinski definition) is 4. The molecule has 0 radical (unpaired) electrons. The summed E-state index contributed by atoms with van der Waals surface area (Å²) in [5.74, 6) is -0.235. The van der Waals surface area contributed by atoms with Crippen molar-refractivity contribution in [2.75, 3.05) is 0 Å². The van der Waals surface area contributed by atoms with Crippen LogP contribution in [0.3, 0.4) is 0 Å². The van der Waals surface area contributed by atoms with Gasteiger partial charge in [0.2, 0.25) is 5.91 Å². The van der Waals surface area contributed by atoms with Gasteiger partial charge in [-0.2, -0.15) is 0 Å². The number of aromatic nitrogens is 2. The zero-order chi connectivity index (χ0) is 20.5. The van der Waals surface area contributed by atoms with Gasteiger partial charge in [0.1, 0.15) is 16.7 Å². The first-order valence-corrected chi connectivity index (χ1v) is 10.4. The molecule has 0 saturated heterocycles. The number of benzene rings is 2. The zero-order valence-corrected chi connectivity index (χ0v) is 17.2. The summed E-state index contributed by atoms with van der Waals surface area (Å²) in [7, 11) is 0. The molecule has 2 aromatic heterocycles. The molecule has 5 nitrogen and oxygen atoms in total. The van der Waals surface area contributed by atoms with Crippen molar-refractivity contribution in [2.24, 2.45) is 5.73 Å². The second-order valence-corrected chi connectivity index (χ2v) is 7.88. The van der Waals surface area contributed by atoms with E-state index >= 15 is 0 Å². The quantitative estimate of drug-likeness (QED) is 0.496. The van der Waals surface area contributed by atoms with E-state index in [1.54, 1.807) is 18.2 Å². The topological polar surface area (TPSA) is 78.0 Å².